The molecule has 2 heterocycles. The van der Waals surface area contributed by atoms with E-state index in [0.717, 1.165) is 44.2 Å². The largest absolute Gasteiger partial charge is 0.370 e. The predicted octanol–water partition coefficient (Wildman–Crippen LogP) is 3.66. The Balaban J connectivity index is 1.61. The second-order valence-electron chi connectivity index (χ2n) is 8.21. The van der Waals surface area contributed by atoms with Crippen LogP contribution in [0.15, 0.2) is 36.7 Å². The van der Waals surface area contributed by atoms with Crippen LogP contribution in [-0.4, -0.2) is 50.4 Å². The summed E-state index contributed by atoms with van der Waals surface area (Å²) in [7, 11) is -1.04. The molecule has 3 rings (SSSR count). The molecule has 142 valence electrons. The number of nitrogens with one attached hydrogen (secondary N) is 1. The molecular weight excluding hydrogens is 340 g/mol. The van der Waals surface area contributed by atoms with Crippen LogP contribution >= 0.6 is 0 Å². The van der Waals surface area contributed by atoms with Gasteiger partial charge >= 0.3 is 0 Å². The Morgan fingerprint density at radius 2 is 1.92 bits per heavy atom. The molecule has 1 aliphatic rings. The molecule has 0 aliphatic carbocycles. The maximum Gasteiger partial charge on any atom is 0.141 e. The highest BCUT2D eigenvalue weighted by molar-refractivity contribution is 6.76. The van der Waals surface area contributed by atoms with Gasteiger partial charge in [-0.05, 0) is 43.3 Å². The van der Waals surface area contributed by atoms with Crippen molar-refractivity contribution >= 4 is 13.8 Å². The number of imidazole rings is 1. The molecule has 1 saturated heterocycles. The third-order valence-electron chi connectivity index (χ3n) is 4.77. The monoisotopic (exact) mass is 372 g/mol. The molecule has 5 nitrogen and oxygen atoms in total. The minimum atomic E-state index is -1.04. The van der Waals surface area contributed by atoms with E-state index in [2.05, 4.69) is 63.7 Å². The van der Waals surface area contributed by atoms with Gasteiger partial charge < -0.3 is 19.5 Å². The zero-order valence-electron chi connectivity index (χ0n) is 16.4. The summed E-state index contributed by atoms with van der Waals surface area (Å²) < 4.78 is 7.98. The Bertz CT molecular complexity index is 670. The summed E-state index contributed by atoms with van der Waals surface area (Å²) in [4.78, 5) is 6.99. The first-order valence-corrected chi connectivity index (χ1v) is 13.4. The van der Waals surface area contributed by atoms with Crippen molar-refractivity contribution in [3.63, 3.8) is 0 Å². The first kappa shape index (κ1) is 19.1. The fraction of sp³-hybridized carbons (Fsp3) is 0.550. The molecule has 0 unspecified atom stereocenters. The standard InChI is InChI=1S/C20H32N4OSi/c1-26(2,3)16-15-25-17-24-14-11-22-20(24)18-5-7-19(8-6-18)23-12-4-9-21-10-13-23/h5-8,11,14,21H,4,9-10,12-13,15-17H2,1-3H3. The lowest BCUT2D eigenvalue weighted by molar-refractivity contribution is 0.0883. The molecule has 0 amide bonds. The molecule has 26 heavy (non-hydrogen) atoms. The van der Waals surface area contributed by atoms with Crippen molar-refractivity contribution < 1.29 is 4.74 Å². The summed E-state index contributed by atoms with van der Waals surface area (Å²) in [6, 6.07) is 9.97. The fourth-order valence-electron chi connectivity index (χ4n) is 3.14. The maximum atomic E-state index is 5.89. The normalized spacial score (nSPS) is 15.9. The number of ether oxygens (including phenoxy) is 1. The van der Waals surface area contributed by atoms with E-state index < -0.39 is 8.07 Å². The molecule has 1 fully saturated rings. The van der Waals surface area contributed by atoms with Gasteiger partial charge in [0.2, 0.25) is 0 Å². The minimum Gasteiger partial charge on any atom is -0.370 e. The summed E-state index contributed by atoms with van der Waals surface area (Å²) in [6.45, 7) is 12.9. The maximum absolute atomic E-state index is 5.89. The van der Waals surface area contributed by atoms with Crippen molar-refractivity contribution in [2.75, 3.05) is 37.7 Å². The van der Waals surface area contributed by atoms with E-state index in [0.29, 0.717) is 6.73 Å². The SMILES string of the molecule is C[Si](C)(C)CCOCn1ccnc1-c1ccc(N2CCCNCC2)cc1. The van der Waals surface area contributed by atoms with Gasteiger partial charge in [-0.3, -0.25) is 0 Å². The van der Waals surface area contributed by atoms with E-state index >= 15 is 0 Å². The van der Waals surface area contributed by atoms with Crippen LogP contribution in [0.3, 0.4) is 0 Å². The van der Waals surface area contributed by atoms with E-state index in [1.54, 1.807) is 0 Å². The number of anilines is 1. The van der Waals surface area contributed by atoms with Gasteiger partial charge in [0.25, 0.3) is 0 Å². The van der Waals surface area contributed by atoms with E-state index in [1.165, 1.54) is 18.2 Å². The third-order valence-corrected chi connectivity index (χ3v) is 6.48. The smallest absolute Gasteiger partial charge is 0.141 e. The van der Waals surface area contributed by atoms with E-state index in [-0.39, 0.29) is 0 Å². The topological polar surface area (TPSA) is 42.3 Å². The number of nitrogens with zero attached hydrogens (tertiary/aromatic N) is 3. The van der Waals surface area contributed by atoms with E-state index in [9.17, 15) is 0 Å². The predicted molar refractivity (Wildman–Crippen MR) is 111 cm³/mol. The van der Waals surface area contributed by atoms with Crippen LogP contribution in [0.4, 0.5) is 5.69 Å². The van der Waals surface area contributed by atoms with Gasteiger partial charge in [0, 0.05) is 58.0 Å². The van der Waals surface area contributed by atoms with Gasteiger partial charge in [-0.25, -0.2) is 4.98 Å². The van der Waals surface area contributed by atoms with Crippen molar-refractivity contribution in [2.24, 2.45) is 0 Å². The van der Waals surface area contributed by atoms with Crippen LogP contribution in [0.2, 0.25) is 25.7 Å². The van der Waals surface area contributed by atoms with Crippen LogP contribution < -0.4 is 10.2 Å². The van der Waals surface area contributed by atoms with Crippen LogP contribution in [-0.2, 0) is 11.5 Å². The average molecular weight is 373 g/mol. The highest BCUT2D eigenvalue weighted by Crippen LogP contribution is 2.23. The minimum absolute atomic E-state index is 0.569. The molecule has 0 saturated carbocycles. The van der Waals surface area contributed by atoms with Gasteiger partial charge in [0.05, 0.1) is 0 Å². The lowest BCUT2D eigenvalue weighted by atomic mass is 10.1. The Morgan fingerprint density at radius 1 is 1.12 bits per heavy atom. The molecule has 0 bridgehead atoms. The Morgan fingerprint density at radius 3 is 2.69 bits per heavy atom. The Hall–Kier alpha value is -1.63. The first-order chi connectivity index (χ1) is 12.5. The summed E-state index contributed by atoms with van der Waals surface area (Å²) >= 11 is 0. The molecule has 0 spiro atoms. The third kappa shape index (κ3) is 5.43. The zero-order chi connectivity index (χ0) is 18.4. The van der Waals surface area contributed by atoms with Crippen molar-refractivity contribution in [2.45, 2.75) is 38.8 Å². The highest BCUT2D eigenvalue weighted by Gasteiger charge is 2.13. The van der Waals surface area contributed by atoms with E-state index in [1.807, 2.05) is 12.4 Å². The molecule has 6 heteroatoms. The summed E-state index contributed by atoms with van der Waals surface area (Å²) in [5.41, 5.74) is 2.43. The number of hydrogen-bond donors (Lipinski definition) is 1. The fourth-order valence-corrected chi connectivity index (χ4v) is 3.90. The van der Waals surface area contributed by atoms with Crippen molar-refractivity contribution in [3.05, 3.63) is 36.7 Å². The van der Waals surface area contributed by atoms with Crippen LogP contribution in [0.1, 0.15) is 6.42 Å². The molecular formula is C20H32N4OSi. The molecule has 1 aromatic carbocycles. The van der Waals surface area contributed by atoms with Gasteiger partial charge in [0.15, 0.2) is 0 Å². The second-order valence-corrected chi connectivity index (χ2v) is 13.8. The summed E-state index contributed by atoms with van der Waals surface area (Å²) in [5, 5.41) is 3.46. The number of hydrogen-bond acceptors (Lipinski definition) is 4. The molecule has 1 aliphatic heterocycles. The molecule has 1 N–H and O–H groups in total. The van der Waals surface area contributed by atoms with Crippen molar-refractivity contribution in [1.82, 2.24) is 14.9 Å². The van der Waals surface area contributed by atoms with Gasteiger partial charge in [-0.2, -0.15) is 0 Å². The van der Waals surface area contributed by atoms with Gasteiger partial charge in [-0.15, -0.1) is 0 Å². The number of benzene rings is 1. The lowest BCUT2D eigenvalue weighted by Crippen LogP contribution is -2.27. The van der Waals surface area contributed by atoms with E-state index in [4.69, 9.17) is 4.74 Å². The summed E-state index contributed by atoms with van der Waals surface area (Å²) in [6.07, 6.45) is 5.05. The van der Waals surface area contributed by atoms with Crippen molar-refractivity contribution in [3.8, 4) is 11.4 Å². The quantitative estimate of drug-likeness (QED) is 0.595. The number of rotatable bonds is 7. The van der Waals surface area contributed by atoms with Gasteiger partial charge in [0.1, 0.15) is 12.6 Å². The van der Waals surface area contributed by atoms with Crippen LogP contribution in [0, 0.1) is 0 Å². The van der Waals surface area contributed by atoms with Crippen LogP contribution in [0.5, 0.6) is 0 Å². The second kappa shape index (κ2) is 8.84. The molecule has 2 aromatic rings. The highest BCUT2D eigenvalue weighted by atomic mass is 28.3. The van der Waals surface area contributed by atoms with Gasteiger partial charge in [-0.1, -0.05) is 19.6 Å². The zero-order valence-corrected chi connectivity index (χ0v) is 17.4. The lowest BCUT2D eigenvalue weighted by Gasteiger charge is -2.22. The van der Waals surface area contributed by atoms with Crippen LogP contribution in [0.25, 0.3) is 11.4 Å². The Kier molecular flexibility index (Phi) is 6.51. The Labute approximate surface area is 158 Å². The molecule has 1 aromatic heterocycles. The molecule has 0 atom stereocenters. The summed E-state index contributed by atoms with van der Waals surface area (Å²) in [5.74, 6) is 0.974. The first-order valence-electron chi connectivity index (χ1n) is 9.68. The van der Waals surface area contributed by atoms with Crippen molar-refractivity contribution in [1.29, 1.82) is 0 Å². The number of aromatic nitrogens is 2. The molecule has 0 radical (unpaired) electrons. The average Bonchev–Trinajstić information content (AvgIpc) is 2.90.